The second kappa shape index (κ2) is 11.0. The van der Waals surface area contributed by atoms with Gasteiger partial charge in [0.1, 0.15) is 11.6 Å². The molecule has 0 saturated carbocycles. The molecule has 0 spiro atoms. The van der Waals surface area contributed by atoms with Crippen LogP contribution in [0.4, 0.5) is 16.2 Å². The molecule has 0 aliphatic carbocycles. The highest BCUT2D eigenvalue weighted by molar-refractivity contribution is 6.12. The summed E-state index contributed by atoms with van der Waals surface area (Å²) in [5.74, 6) is -0.913. The third-order valence-corrected chi connectivity index (χ3v) is 6.06. The Morgan fingerprint density at radius 1 is 0.974 bits per heavy atom. The van der Waals surface area contributed by atoms with Gasteiger partial charge in [-0.3, -0.25) is 14.4 Å². The quantitative estimate of drug-likeness (QED) is 0.546. The molecule has 1 aliphatic heterocycles. The van der Waals surface area contributed by atoms with Gasteiger partial charge in [0, 0.05) is 12.0 Å². The van der Waals surface area contributed by atoms with Crippen molar-refractivity contribution in [2.75, 3.05) is 22.9 Å². The average Bonchev–Trinajstić information content (AvgIpc) is 2.87. The van der Waals surface area contributed by atoms with Crippen LogP contribution in [-0.4, -0.2) is 48.4 Å². The van der Waals surface area contributed by atoms with Gasteiger partial charge in [0.25, 0.3) is 5.91 Å². The zero-order valence-corrected chi connectivity index (χ0v) is 23.7. The number of hydrogen-bond donors (Lipinski definition) is 1. The predicted molar refractivity (Wildman–Crippen MR) is 149 cm³/mol. The van der Waals surface area contributed by atoms with Gasteiger partial charge >= 0.3 is 6.09 Å². The van der Waals surface area contributed by atoms with Gasteiger partial charge in [0.2, 0.25) is 5.91 Å². The summed E-state index contributed by atoms with van der Waals surface area (Å²) in [6, 6.07) is 11.5. The molecule has 3 amide bonds. The molecule has 1 unspecified atom stereocenters. The van der Waals surface area contributed by atoms with Crippen LogP contribution in [0.25, 0.3) is 0 Å². The molecular formula is C30H39N3O5. The number of hydrogen-bond acceptors (Lipinski definition) is 5. The van der Waals surface area contributed by atoms with Crippen molar-refractivity contribution in [3.8, 4) is 0 Å². The highest BCUT2D eigenvalue weighted by Crippen LogP contribution is 2.36. The fourth-order valence-electron chi connectivity index (χ4n) is 4.36. The number of carbonyl (C=O) groups is 4. The molecule has 0 radical (unpaired) electrons. The second-order valence-electron chi connectivity index (χ2n) is 12.1. The molecule has 0 bridgehead atoms. The first-order valence-corrected chi connectivity index (χ1v) is 12.9. The van der Waals surface area contributed by atoms with E-state index < -0.39 is 23.6 Å². The summed E-state index contributed by atoms with van der Waals surface area (Å²) in [5, 5.41) is 2.66. The standard InChI is InChI=1S/C30H39N3O5/c1-19-13-14-23-24(15-19)33(18-25(34)21-12-10-9-11-20(21)2)27(36)22(31-28(37)38-30(6,7)8)17-32(23)26(35)16-29(3,4)5/h9-15,22H,16-18H2,1-8H3,(H,31,37). The number of alkyl carbamates (subject to hydrolysis) is 1. The van der Waals surface area contributed by atoms with Gasteiger partial charge in [-0.05, 0) is 63.3 Å². The Bertz CT molecular complexity index is 1240. The maximum atomic E-state index is 14.0. The topological polar surface area (TPSA) is 96.0 Å². The molecule has 2 aromatic rings. The zero-order valence-electron chi connectivity index (χ0n) is 23.7. The first kappa shape index (κ1) is 28.9. The number of nitrogens with one attached hydrogen (secondary N) is 1. The summed E-state index contributed by atoms with van der Waals surface area (Å²) in [6.45, 7) is 14.5. The van der Waals surface area contributed by atoms with E-state index >= 15 is 0 Å². The van der Waals surface area contributed by atoms with Crippen LogP contribution in [0.3, 0.4) is 0 Å². The first-order valence-electron chi connectivity index (χ1n) is 12.9. The maximum Gasteiger partial charge on any atom is 0.408 e. The SMILES string of the molecule is Cc1ccc2c(c1)N(CC(=O)c1ccccc1C)C(=O)C(NC(=O)OC(C)(C)C)CN2C(=O)CC(C)(C)C. The number of ether oxygens (including phenoxy) is 1. The highest BCUT2D eigenvalue weighted by Gasteiger charge is 2.39. The third-order valence-electron chi connectivity index (χ3n) is 6.06. The van der Waals surface area contributed by atoms with E-state index in [0.29, 0.717) is 16.9 Å². The summed E-state index contributed by atoms with van der Waals surface area (Å²) < 4.78 is 5.41. The van der Waals surface area contributed by atoms with E-state index in [4.69, 9.17) is 4.74 Å². The van der Waals surface area contributed by atoms with Crippen molar-refractivity contribution in [3.63, 3.8) is 0 Å². The summed E-state index contributed by atoms with van der Waals surface area (Å²) >= 11 is 0. The van der Waals surface area contributed by atoms with Crippen LogP contribution in [0.2, 0.25) is 0 Å². The Hall–Kier alpha value is -3.68. The molecule has 38 heavy (non-hydrogen) atoms. The molecule has 1 atom stereocenters. The van der Waals surface area contributed by atoms with Gasteiger partial charge in [-0.2, -0.15) is 0 Å². The number of ketones is 1. The number of fused-ring (bicyclic) bond motifs is 1. The van der Waals surface area contributed by atoms with Gasteiger partial charge in [-0.15, -0.1) is 0 Å². The molecule has 0 aromatic heterocycles. The Morgan fingerprint density at radius 2 is 1.63 bits per heavy atom. The van der Waals surface area contributed by atoms with E-state index in [0.717, 1.165) is 11.1 Å². The summed E-state index contributed by atoms with van der Waals surface area (Å²) in [4.78, 5) is 56.6. The van der Waals surface area contributed by atoms with Gasteiger partial charge in [-0.1, -0.05) is 51.1 Å². The Morgan fingerprint density at radius 3 is 2.24 bits per heavy atom. The predicted octanol–water partition coefficient (Wildman–Crippen LogP) is 5.20. The maximum absolute atomic E-state index is 14.0. The van der Waals surface area contributed by atoms with Gasteiger partial charge in [0.05, 0.1) is 24.5 Å². The van der Waals surface area contributed by atoms with Crippen LogP contribution in [0.1, 0.15) is 69.4 Å². The van der Waals surface area contributed by atoms with Gasteiger partial charge < -0.3 is 19.9 Å². The minimum atomic E-state index is -1.12. The van der Waals surface area contributed by atoms with Crippen molar-refractivity contribution < 1.29 is 23.9 Å². The molecule has 1 heterocycles. The average molecular weight is 522 g/mol. The van der Waals surface area contributed by atoms with E-state index in [1.54, 1.807) is 45.0 Å². The fraction of sp³-hybridized carbons (Fsp3) is 0.467. The van der Waals surface area contributed by atoms with Crippen molar-refractivity contribution in [3.05, 3.63) is 59.2 Å². The van der Waals surface area contributed by atoms with E-state index in [2.05, 4.69) is 5.32 Å². The summed E-state index contributed by atoms with van der Waals surface area (Å²) in [6.07, 6.45) is -0.540. The zero-order chi connectivity index (χ0) is 28.4. The number of anilines is 2. The lowest BCUT2D eigenvalue weighted by atomic mass is 9.91. The van der Waals surface area contributed by atoms with Gasteiger partial charge in [-0.25, -0.2) is 4.79 Å². The Balaban J connectivity index is 2.10. The van der Waals surface area contributed by atoms with Crippen LogP contribution < -0.4 is 15.1 Å². The minimum absolute atomic E-state index is 0.0852. The lowest BCUT2D eigenvalue weighted by Crippen LogP contribution is -2.54. The molecule has 8 heteroatoms. The van der Waals surface area contributed by atoms with Gasteiger partial charge in [0.15, 0.2) is 5.78 Å². The Kier molecular flexibility index (Phi) is 8.34. The van der Waals surface area contributed by atoms with Crippen molar-refractivity contribution in [2.24, 2.45) is 5.41 Å². The summed E-state index contributed by atoms with van der Waals surface area (Å²) in [5.41, 5.74) is 2.07. The molecule has 3 rings (SSSR count). The smallest absolute Gasteiger partial charge is 0.408 e. The molecule has 1 N–H and O–H groups in total. The third kappa shape index (κ3) is 7.21. The summed E-state index contributed by atoms with van der Waals surface area (Å²) in [7, 11) is 0. The van der Waals surface area contributed by atoms with Crippen molar-refractivity contribution >= 4 is 35.1 Å². The number of Topliss-reactive ketones (excluding diaryl/α,β-unsaturated/α-hetero) is 1. The van der Waals surface area contributed by atoms with Crippen LogP contribution in [-0.2, 0) is 14.3 Å². The first-order chi connectivity index (χ1) is 17.6. The second-order valence-corrected chi connectivity index (χ2v) is 12.1. The van der Waals surface area contributed by atoms with Crippen molar-refractivity contribution in [1.82, 2.24) is 5.32 Å². The number of carbonyl (C=O) groups excluding carboxylic acids is 4. The largest absolute Gasteiger partial charge is 0.444 e. The van der Waals surface area contributed by atoms with E-state index in [1.807, 2.05) is 52.8 Å². The molecule has 2 aromatic carbocycles. The molecular weight excluding hydrogens is 482 g/mol. The number of rotatable bonds is 5. The number of amides is 3. The number of aryl methyl sites for hydroxylation is 2. The molecule has 8 nitrogen and oxygen atoms in total. The highest BCUT2D eigenvalue weighted by atomic mass is 16.6. The molecule has 204 valence electrons. The molecule has 0 fully saturated rings. The molecule has 0 saturated heterocycles. The number of nitrogens with zero attached hydrogens (tertiary/aromatic N) is 2. The molecule has 1 aliphatic rings. The van der Waals surface area contributed by atoms with Crippen LogP contribution in [0.15, 0.2) is 42.5 Å². The van der Waals surface area contributed by atoms with E-state index in [1.165, 1.54) is 9.80 Å². The van der Waals surface area contributed by atoms with Crippen molar-refractivity contribution in [1.29, 1.82) is 0 Å². The van der Waals surface area contributed by atoms with Crippen LogP contribution in [0.5, 0.6) is 0 Å². The lowest BCUT2D eigenvalue weighted by Gasteiger charge is -2.28. The lowest BCUT2D eigenvalue weighted by molar-refractivity contribution is -0.121. The van der Waals surface area contributed by atoms with Crippen LogP contribution >= 0.6 is 0 Å². The van der Waals surface area contributed by atoms with Crippen LogP contribution in [0, 0.1) is 19.3 Å². The van der Waals surface area contributed by atoms with E-state index in [-0.39, 0.29) is 36.6 Å². The fourth-order valence-corrected chi connectivity index (χ4v) is 4.36. The van der Waals surface area contributed by atoms with Crippen molar-refractivity contribution in [2.45, 2.75) is 73.5 Å². The monoisotopic (exact) mass is 521 g/mol. The Labute approximate surface area is 225 Å². The normalized spacial score (nSPS) is 16.0. The van der Waals surface area contributed by atoms with E-state index in [9.17, 15) is 19.2 Å². The minimum Gasteiger partial charge on any atom is -0.444 e. The number of benzene rings is 2.